The van der Waals surface area contributed by atoms with Crippen molar-refractivity contribution in [2.45, 2.75) is 45.6 Å². The van der Waals surface area contributed by atoms with Gasteiger partial charge in [0, 0.05) is 19.1 Å². The van der Waals surface area contributed by atoms with Crippen molar-refractivity contribution in [3.63, 3.8) is 0 Å². The lowest BCUT2D eigenvalue weighted by Gasteiger charge is -2.28. The van der Waals surface area contributed by atoms with Crippen LogP contribution in [0.25, 0.3) is 0 Å². The van der Waals surface area contributed by atoms with E-state index in [-0.39, 0.29) is 18.2 Å². The highest BCUT2D eigenvalue weighted by Crippen LogP contribution is 2.32. The summed E-state index contributed by atoms with van der Waals surface area (Å²) in [4.78, 5) is 1.83. The smallest absolute Gasteiger partial charge is 0.392 e. The lowest BCUT2D eigenvalue weighted by Crippen LogP contribution is -2.36. The van der Waals surface area contributed by atoms with Crippen molar-refractivity contribution in [2.24, 2.45) is 0 Å². The Hall–Kier alpha value is -1.07. The van der Waals surface area contributed by atoms with Crippen molar-refractivity contribution in [3.8, 4) is 0 Å². The van der Waals surface area contributed by atoms with Gasteiger partial charge in [-0.2, -0.15) is 13.2 Å². The van der Waals surface area contributed by atoms with Gasteiger partial charge in [0.05, 0.1) is 11.7 Å². The van der Waals surface area contributed by atoms with Crippen LogP contribution < -0.4 is 0 Å². The third kappa shape index (κ3) is 4.84. The lowest BCUT2D eigenvalue weighted by atomic mass is 10.1. The van der Waals surface area contributed by atoms with Gasteiger partial charge in [-0.3, -0.25) is 4.90 Å². The minimum absolute atomic E-state index is 0.0656. The predicted molar refractivity (Wildman–Crippen MR) is 68.7 cm³/mol. The minimum atomic E-state index is -4.34. The molecule has 0 aliphatic carbocycles. The van der Waals surface area contributed by atoms with Gasteiger partial charge in [0.2, 0.25) is 0 Å². The Morgan fingerprint density at radius 3 is 2.21 bits per heavy atom. The molecule has 0 amide bonds. The van der Waals surface area contributed by atoms with Gasteiger partial charge in [0.15, 0.2) is 0 Å². The molecule has 0 heterocycles. The number of rotatable bonds is 5. The third-order valence-electron chi connectivity index (χ3n) is 2.93. The summed E-state index contributed by atoms with van der Waals surface area (Å²) in [6, 6.07) is 5.64. The Morgan fingerprint density at radius 1 is 1.16 bits per heavy atom. The van der Waals surface area contributed by atoms with Crippen LogP contribution in [0.2, 0.25) is 0 Å². The molecule has 1 rings (SSSR count). The van der Waals surface area contributed by atoms with E-state index in [1.807, 2.05) is 18.7 Å². The molecular weight excluding hydrogens is 255 g/mol. The van der Waals surface area contributed by atoms with E-state index in [1.165, 1.54) is 12.1 Å². The minimum Gasteiger partial charge on any atom is -0.392 e. The molecule has 2 nitrogen and oxygen atoms in total. The van der Waals surface area contributed by atoms with Gasteiger partial charge in [-0.15, -0.1) is 0 Å². The molecule has 0 saturated heterocycles. The molecule has 0 saturated carbocycles. The first-order valence-electron chi connectivity index (χ1n) is 6.29. The third-order valence-corrected chi connectivity index (χ3v) is 2.93. The number of nitrogens with zero attached hydrogens (tertiary/aromatic N) is 1. The molecule has 0 aromatic heterocycles. The molecule has 0 spiro atoms. The van der Waals surface area contributed by atoms with Crippen LogP contribution in [-0.4, -0.2) is 28.7 Å². The standard InChI is InChI=1S/C14H20F3NO/c1-10(2)18(8-11(3)19)9-12-6-4-5-7-13(12)14(15,16)17/h4-7,10-11,19H,8-9H2,1-3H3. The Bertz CT molecular complexity index is 402. The zero-order valence-electron chi connectivity index (χ0n) is 11.4. The van der Waals surface area contributed by atoms with Gasteiger partial charge in [-0.1, -0.05) is 18.2 Å². The maximum absolute atomic E-state index is 12.9. The van der Waals surface area contributed by atoms with Crippen LogP contribution in [-0.2, 0) is 12.7 Å². The summed E-state index contributed by atoms with van der Waals surface area (Å²) in [5.74, 6) is 0. The molecule has 1 aromatic carbocycles. The van der Waals surface area contributed by atoms with Crippen molar-refractivity contribution in [2.75, 3.05) is 6.54 Å². The first-order valence-corrected chi connectivity index (χ1v) is 6.29. The van der Waals surface area contributed by atoms with E-state index in [1.54, 1.807) is 13.0 Å². The average molecular weight is 275 g/mol. The summed E-state index contributed by atoms with van der Waals surface area (Å²) in [5.41, 5.74) is -0.365. The Labute approximate surface area is 111 Å². The first-order chi connectivity index (χ1) is 8.71. The summed E-state index contributed by atoms with van der Waals surface area (Å²) in [6.07, 6.45) is -4.91. The van der Waals surface area contributed by atoms with Crippen LogP contribution in [0.15, 0.2) is 24.3 Å². The maximum Gasteiger partial charge on any atom is 0.416 e. The number of hydrogen-bond donors (Lipinski definition) is 1. The summed E-state index contributed by atoms with van der Waals surface area (Å²) in [7, 11) is 0. The van der Waals surface area contributed by atoms with Crippen molar-refractivity contribution >= 4 is 0 Å². The fourth-order valence-corrected chi connectivity index (χ4v) is 1.95. The van der Waals surface area contributed by atoms with Gasteiger partial charge < -0.3 is 5.11 Å². The van der Waals surface area contributed by atoms with Gasteiger partial charge in [0.1, 0.15) is 0 Å². The van der Waals surface area contributed by atoms with Crippen LogP contribution in [0.3, 0.4) is 0 Å². The van der Waals surface area contributed by atoms with Crippen LogP contribution >= 0.6 is 0 Å². The van der Waals surface area contributed by atoms with Crippen molar-refractivity contribution < 1.29 is 18.3 Å². The average Bonchev–Trinajstić information content (AvgIpc) is 2.26. The predicted octanol–water partition coefficient (Wildman–Crippen LogP) is 3.30. The van der Waals surface area contributed by atoms with E-state index >= 15 is 0 Å². The highest BCUT2D eigenvalue weighted by atomic mass is 19.4. The van der Waals surface area contributed by atoms with E-state index in [9.17, 15) is 18.3 Å². The highest BCUT2D eigenvalue weighted by Gasteiger charge is 2.33. The molecule has 1 atom stereocenters. The molecule has 0 fully saturated rings. The van der Waals surface area contributed by atoms with Crippen molar-refractivity contribution in [1.82, 2.24) is 4.90 Å². The normalized spacial score (nSPS) is 14.2. The van der Waals surface area contributed by atoms with E-state index < -0.39 is 17.8 Å². The molecule has 0 radical (unpaired) electrons. The molecule has 0 aliphatic heterocycles. The molecular formula is C14H20F3NO. The number of hydrogen-bond acceptors (Lipinski definition) is 2. The van der Waals surface area contributed by atoms with Crippen molar-refractivity contribution in [1.29, 1.82) is 0 Å². The Balaban J connectivity index is 2.97. The topological polar surface area (TPSA) is 23.5 Å². The molecule has 1 unspecified atom stereocenters. The van der Waals surface area contributed by atoms with E-state index in [0.29, 0.717) is 6.54 Å². The lowest BCUT2D eigenvalue weighted by molar-refractivity contribution is -0.138. The van der Waals surface area contributed by atoms with Crippen LogP contribution in [0.5, 0.6) is 0 Å². The van der Waals surface area contributed by atoms with Gasteiger partial charge in [-0.05, 0) is 32.4 Å². The number of benzene rings is 1. The fourth-order valence-electron chi connectivity index (χ4n) is 1.95. The van der Waals surface area contributed by atoms with Gasteiger partial charge in [-0.25, -0.2) is 0 Å². The second-order valence-corrected chi connectivity index (χ2v) is 5.03. The number of aliphatic hydroxyl groups is 1. The molecule has 0 bridgehead atoms. The summed E-state index contributed by atoms with van der Waals surface area (Å²) in [6.45, 7) is 5.96. The van der Waals surface area contributed by atoms with E-state index in [4.69, 9.17) is 0 Å². The summed E-state index contributed by atoms with van der Waals surface area (Å²) >= 11 is 0. The second-order valence-electron chi connectivity index (χ2n) is 5.03. The van der Waals surface area contributed by atoms with Crippen LogP contribution in [0.1, 0.15) is 31.9 Å². The maximum atomic E-state index is 12.9. The van der Waals surface area contributed by atoms with E-state index in [2.05, 4.69) is 0 Å². The molecule has 19 heavy (non-hydrogen) atoms. The SMILES string of the molecule is CC(O)CN(Cc1ccccc1C(F)(F)F)C(C)C. The monoisotopic (exact) mass is 275 g/mol. The summed E-state index contributed by atoms with van der Waals surface area (Å²) in [5, 5.41) is 9.41. The van der Waals surface area contributed by atoms with Gasteiger partial charge >= 0.3 is 6.18 Å². The van der Waals surface area contributed by atoms with Crippen molar-refractivity contribution in [3.05, 3.63) is 35.4 Å². The highest BCUT2D eigenvalue weighted by molar-refractivity contribution is 5.29. The second kappa shape index (κ2) is 6.39. The zero-order valence-corrected chi connectivity index (χ0v) is 11.4. The number of alkyl halides is 3. The molecule has 108 valence electrons. The Morgan fingerprint density at radius 2 is 1.74 bits per heavy atom. The largest absolute Gasteiger partial charge is 0.416 e. The van der Waals surface area contributed by atoms with Crippen LogP contribution in [0, 0.1) is 0 Å². The summed E-state index contributed by atoms with van der Waals surface area (Å²) < 4.78 is 38.7. The molecule has 1 aromatic rings. The molecule has 0 aliphatic rings. The van der Waals surface area contributed by atoms with Gasteiger partial charge in [0.25, 0.3) is 0 Å². The Kier molecular flexibility index (Phi) is 5.38. The van der Waals surface area contributed by atoms with Crippen LogP contribution in [0.4, 0.5) is 13.2 Å². The number of halogens is 3. The first kappa shape index (κ1) is 16.0. The molecule has 5 heteroatoms. The van der Waals surface area contributed by atoms with E-state index in [0.717, 1.165) is 6.07 Å². The fraction of sp³-hybridized carbons (Fsp3) is 0.571. The molecule has 1 N–H and O–H groups in total. The zero-order chi connectivity index (χ0) is 14.6. The quantitative estimate of drug-likeness (QED) is 0.891. The number of aliphatic hydroxyl groups excluding tert-OH is 1.